The lowest BCUT2D eigenvalue weighted by atomic mass is 10.1. The van der Waals surface area contributed by atoms with E-state index in [0.29, 0.717) is 23.3 Å². The molecule has 0 amide bonds. The Morgan fingerprint density at radius 1 is 0.378 bits per heavy atom. The molecule has 0 saturated carbocycles. The van der Waals surface area contributed by atoms with Crippen molar-refractivity contribution >= 4 is 58.6 Å². The predicted octanol–water partition coefficient (Wildman–Crippen LogP) is 7.72. The number of aromatic hydroxyl groups is 5. The van der Waals surface area contributed by atoms with E-state index in [0.717, 1.165) is 29.8 Å². The summed E-state index contributed by atoms with van der Waals surface area (Å²) in [6.07, 6.45) is 0. The van der Waals surface area contributed by atoms with Crippen molar-refractivity contribution in [1.82, 2.24) is 0 Å². The Labute approximate surface area is 412 Å². The molecule has 29 nitrogen and oxygen atoms in total. The third-order valence-electron chi connectivity index (χ3n) is 8.32. The predicted molar refractivity (Wildman–Crippen MR) is 252 cm³/mol. The number of benzene rings is 6. The van der Waals surface area contributed by atoms with Crippen LogP contribution in [-0.2, 0) is 0 Å². The van der Waals surface area contributed by atoms with Gasteiger partial charge in [-0.15, -0.1) is 0 Å². The zero-order chi connectivity index (χ0) is 56.0. The van der Waals surface area contributed by atoms with Crippen LogP contribution in [0.4, 0.5) is 22.7 Å². The van der Waals surface area contributed by atoms with Crippen molar-refractivity contribution < 1.29 is 105 Å². The van der Waals surface area contributed by atoms with Gasteiger partial charge in [0, 0.05) is 18.2 Å². The van der Waals surface area contributed by atoms with Crippen molar-refractivity contribution in [2.75, 3.05) is 0 Å². The number of hydrogen-bond donors (Lipinski definition) is 11. The second-order valence-electron chi connectivity index (χ2n) is 13.5. The van der Waals surface area contributed by atoms with E-state index in [1.54, 1.807) is 36.4 Å². The molecule has 0 saturated heterocycles. The van der Waals surface area contributed by atoms with Gasteiger partial charge >= 0.3 is 52.9 Å². The summed E-state index contributed by atoms with van der Waals surface area (Å²) in [6, 6.07) is 24.3. The minimum Gasteiger partial charge on any atom is -0.508 e. The van der Waals surface area contributed by atoms with Crippen molar-refractivity contribution in [1.29, 1.82) is 0 Å². The smallest absolute Gasteiger partial charge is 0.340 e. The Kier molecular flexibility index (Phi) is 24.5. The van der Waals surface area contributed by atoms with Gasteiger partial charge in [0.1, 0.15) is 28.2 Å². The van der Waals surface area contributed by atoms with E-state index in [2.05, 4.69) is 0 Å². The van der Waals surface area contributed by atoms with Crippen LogP contribution in [-0.4, -0.2) is 112 Å². The molecule has 0 unspecified atom stereocenters. The number of nitro groups is 4. The molecule has 0 bridgehead atoms. The quantitative estimate of drug-likeness (QED) is 0.0461. The van der Waals surface area contributed by atoms with Gasteiger partial charge in [-0.1, -0.05) is 43.3 Å². The van der Waals surface area contributed by atoms with E-state index in [-0.39, 0.29) is 35.6 Å². The van der Waals surface area contributed by atoms with Crippen molar-refractivity contribution in [3.8, 4) is 28.7 Å². The highest BCUT2D eigenvalue weighted by Crippen LogP contribution is 2.34. The Morgan fingerprint density at radius 2 is 0.811 bits per heavy atom. The summed E-state index contributed by atoms with van der Waals surface area (Å²) in [5, 5.41) is 137. The molecule has 0 aliphatic heterocycles. The maximum absolute atomic E-state index is 10.6. The number of carboxylic acid groups (broad SMARTS) is 6. The number of rotatable bonds is 10. The van der Waals surface area contributed by atoms with E-state index < -0.39 is 107 Å². The Morgan fingerprint density at radius 3 is 1.20 bits per heavy atom. The van der Waals surface area contributed by atoms with Crippen LogP contribution in [0.15, 0.2) is 115 Å². The van der Waals surface area contributed by atoms with Crippen molar-refractivity contribution in [3.63, 3.8) is 0 Å². The van der Waals surface area contributed by atoms with Crippen LogP contribution in [0.5, 0.6) is 28.7 Å². The number of phenols is 5. The molecule has 0 aliphatic rings. The number of nitrogens with zero attached hydrogens (tertiary/aromatic N) is 4. The number of phenolic OH excluding ortho intramolecular Hbond substituents is 2. The van der Waals surface area contributed by atoms with E-state index in [1.165, 1.54) is 49.4 Å². The maximum Gasteiger partial charge on any atom is 0.340 e. The summed E-state index contributed by atoms with van der Waals surface area (Å²) in [7, 11) is 0. The largest absolute Gasteiger partial charge is 0.508 e. The van der Waals surface area contributed by atoms with E-state index >= 15 is 0 Å². The SMILES string of the molecule is C.Cc1cc(C(=O)O)c(O)c([N+](=O)[O-])c1.Cc1ccc(C(=O)O)cc1.O=C(O)c1cc([N+](=O)[O-])cc([N+](=O)[O-])c1O.O=C(O)c1ccc(O)c([N+](=O)[O-])c1.O=C(O)c1cccc(O)c1.O=C(O)c1ccccc1O. The fourth-order valence-corrected chi connectivity index (χ4v) is 4.87. The molecule has 74 heavy (non-hydrogen) atoms. The van der Waals surface area contributed by atoms with Gasteiger partial charge in [0.2, 0.25) is 11.5 Å². The highest BCUT2D eigenvalue weighted by molar-refractivity contribution is 5.94. The number of nitro benzene ring substituents is 4. The highest BCUT2D eigenvalue weighted by atomic mass is 16.6. The first-order chi connectivity index (χ1) is 33.9. The van der Waals surface area contributed by atoms with Gasteiger partial charge in [0.15, 0.2) is 5.75 Å². The molecule has 11 N–H and O–H groups in total. The van der Waals surface area contributed by atoms with Crippen LogP contribution >= 0.6 is 0 Å². The molecule has 390 valence electrons. The van der Waals surface area contributed by atoms with Crippen LogP contribution in [0.3, 0.4) is 0 Å². The van der Waals surface area contributed by atoms with E-state index in [1.807, 2.05) is 6.92 Å². The number of aromatic carboxylic acids is 6. The van der Waals surface area contributed by atoms with Gasteiger partial charge in [-0.2, -0.15) is 0 Å². The van der Waals surface area contributed by atoms with Crippen LogP contribution in [0, 0.1) is 54.3 Å². The number of carbonyl (C=O) groups is 6. The first-order valence-corrected chi connectivity index (χ1v) is 19.1. The van der Waals surface area contributed by atoms with Gasteiger partial charge in [-0.25, -0.2) is 28.8 Å². The van der Waals surface area contributed by atoms with Gasteiger partial charge in [-0.05, 0) is 80.1 Å². The van der Waals surface area contributed by atoms with Crippen LogP contribution in [0.1, 0.15) is 80.7 Å². The van der Waals surface area contributed by atoms with Crippen molar-refractivity contribution in [2.45, 2.75) is 21.3 Å². The summed E-state index contributed by atoms with van der Waals surface area (Å²) < 4.78 is 0. The number of aryl methyl sites for hydroxylation is 2. The maximum atomic E-state index is 10.6. The second-order valence-corrected chi connectivity index (χ2v) is 13.5. The topological polar surface area (TPSA) is 498 Å². The normalized spacial score (nSPS) is 9.38. The van der Waals surface area contributed by atoms with Crippen LogP contribution in [0.25, 0.3) is 0 Å². The molecule has 0 aromatic heterocycles. The molecule has 0 heterocycles. The molecule has 0 radical (unpaired) electrons. The minimum absolute atomic E-state index is 0. The monoisotopic (exact) mass is 1040 g/mol. The summed E-state index contributed by atoms with van der Waals surface area (Å²) in [4.78, 5) is 100.0. The lowest BCUT2D eigenvalue weighted by Gasteiger charge is -2.01. The third kappa shape index (κ3) is 19.8. The molecule has 29 heteroatoms. The van der Waals surface area contributed by atoms with Gasteiger partial charge in [0.25, 0.3) is 5.69 Å². The molecule has 0 fully saturated rings. The number of carboxylic acids is 6. The van der Waals surface area contributed by atoms with Gasteiger partial charge in [0.05, 0.1) is 42.4 Å². The molecule has 0 spiro atoms. The Balaban J connectivity index is 0.000000869. The minimum atomic E-state index is -1.69. The lowest BCUT2D eigenvalue weighted by molar-refractivity contribution is -0.394. The summed E-state index contributed by atoms with van der Waals surface area (Å²) in [5.74, 6) is -10.1. The van der Waals surface area contributed by atoms with Crippen LogP contribution in [0.2, 0.25) is 0 Å². The molecular weight excluding hydrogens is 996 g/mol. The summed E-state index contributed by atoms with van der Waals surface area (Å²) in [6.45, 7) is 3.44. The molecular formula is C45H40N4O25. The first-order valence-electron chi connectivity index (χ1n) is 19.1. The van der Waals surface area contributed by atoms with Crippen molar-refractivity contribution in [2.24, 2.45) is 0 Å². The van der Waals surface area contributed by atoms with E-state index in [9.17, 15) is 79.4 Å². The Bertz CT molecular complexity index is 3010. The fraction of sp³-hybridized carbons (Fsp3) is 0.0667. The summed E-state index contributed by atoms with van der Waals surface area (Å²) in [5.41, 5.74) is -2.73. The second kappa shape index (κ2) is 28.9. The fourth-order valence-electron chi connectivity index (χ4n) is 4.87. The highest BCUT2D eigenvalue weighted by Gasteiger charge is 2.27. The number of para-hydroxylation sites is 1. The average molecular weight is 1040 g/mol. The first kappa shape index (κ1) is 62.7. The number of hydrogen-bond acceptors (Lipinski definition) is 19. The van der Waals surface area contributed by atoms with Gasteiger partial charge in [-0.3, -0.25) is 40.5 Å². The molecule has 0 atom stereocenters. The summed E-state index contributed by atoms with van der Waals surface area (Å²) >= 11 is 0. The zero-order valence-electron chi connectivity index (χ0n) is 36.9. The van der Waals surface area contributed by atoms with E-state index in [4.69, 9.17) is 46.0 Å². The lowest BCUT2D eigenvalue weighted by Crippen LogP contribution is -2.02. The van der Waals surface area contributed by atoms with Gasteiger partial charge < -0.3 is 56.2 Å². The molecule has 6 aromatic rings. The molecule has 6 aromatic carbocycles. The zero-order valence-corrected chi connectivity index (χ0v) is 36.9. The Hall–Kier alpha value is -11.3. The third-order valence-corrected chi connectivity index (χ3v) is 8.32. The van der Waals surface area contributed by atoms with Crippen molar-refractivity contribution in [3.05, 3.63) is 200 Å². The average Bonchev–Trinajstić information content (AvgIpc) is 3.30. The molecule has 0 aliphatic carbocycles. The van der Waals surface area contributed by atoms with Crippen LogP contribution < -0.4 is 0 Å². The molecule has 6 rings (SSSR count). The number of non-ortho nitro benzene ring substituents is 1. The standard InChI is InChI=1S/C8H7NO5.C8H8O2.C7H4N2O7.C7H5NO5.2C7H6O3.CH4/c1-4-2-5(8(11)12)7(10)6(3-4)9(13)14;1-6-2-4-7(5-3-6)8(9)10;10-6-4(7(11)12)1-3(8(13)14)2-5(6)9(15)16;9-6-2-1-4(7(10)11)3-5(6)8(12)13;8-6-3-1-2-5(4-6)7(9)10;8-6-4-2-1-3-5(6)7(9)10;/h2-3,10H,1H3,(H,11,12);2-5H,1H3,(H,9,10);1-2,10H,(H,11,12);1-3,9H,(H,10,11);2*1-4,8H,(H,9,10);1H4.